The fourth-order valence-corrected chi connectivity index (χ4v) is 18.6. The first-order valence-electron chi connectivity index (χ1n) is 16.3. The number of hydrogen-bond donors (Lipinski definition) is 0. The largest absolute Gasteiger partial charge is 0.416 e. The van der Waals surface area contributed by atoms with Crippen LogP contribution >= 0.6 is 0 Å². The van der Waals surface area contributed by atoms with Gasteiger partial charge in [0.2, 0.25) is 0 Å². The molecule has 0 radical (unpaired) electrons. The molecule has 1 rings (SSSR count). The molecule has 1 fully saturated rings. The van der Waals surface area contributed by atoms with Gasteiger partial charge in [0.05, 0.1) is 18.3 Å². The Morgan fingerprint density at radius 2 is 1.39 bits per heavy atom. The maximum atomic E-state index is 11.0. The van der Waals surface area contributed by atoms with Gasteiger partial charge < -0.3 is 22.8 Å². The average molecular weight is 613 g/mol. The molecule has 5 nitrogen and oxygen atoms in total. The molecule has 41 heavy (non-hydrogen) atoms. The van der Waals surface area contributed by atoms with Gasteiger partial charge in [0.25, 0.3) is 0 Å². The van der Waals surface area contributed by atoms with E-state index in [2.05, 4.69) is 116 Å². The maximum Gasteiger partial charge on any atom is 0.349 e. The van der Waals surface area contributed by atoms with Gasteiger partial charge in [-0.1, -0.05) is 116 Å². The van der Waals surface area contributed by atoms with Gasteiger partial charge in [-0.25, -0.2) is 0 Å². The number of aldehydes is 1. The number of rotatable bonds is 15. The molecule has 0 aliphatic carbocycles. The Hall–Kier alpha value is -0.316. The van der Waals surface area contributed by atoms with Crippen molar-refractivity contribution in [2.24, 2.45) is 17.8 Å². The molecular formula is C34H68O5Si2. The van der Waals surface area contributed by atoms with E-state index in [1.54, 1.807) is 7.11 Å². The van der Waals surface area contributed by atoms with Crippen LogP contribution in [-0.2, 0) is 22.8 Å². The summed E-state index contributed by atoms with van der Waals surface area (Å²) in [5.41, 5.74) is 1.67. The van der Waals surface area contributed by atoms with Gasteiger partial charge in [-0.3, -0.25) is 0 Å². The molecule has 0 saturated carbocycles. The Balaban J connectivity index is 3.38. The Bertz CT molecular complexity index is 775. The first-order chi connectivity index (χ1) is 18.7. The molecule has 0 aromatic rings. The highest BCUT2D eigenvalue weighted by Crippen LogP contribution is 2.57. The van der Waals surface area contributed by atoms with Gasteiger partial charge in [0, 0.05) is 42.0 Å². The number of hydrogen-bond acceptors (Lipinski definition) is 5. The SMILES string of the molecule is COC(/C=C/C[C@@H]1O[Si](C(C)(C)C)(C(C)(C)C)O[C@@H]([C@@H](C)CO[Si](C(C)C)(C(C)C)C(C)C)[C@@H]1C)C[C@H](C)CC=O. The Kier molecular flexibility index (Phi) is 14.7. The first-order valence-corrected chi connectivity index (χ1v) is 20.3. The minimum Gasteiger partial charge on any atom is -0.416 e. The Morgan fingerprint density at radius 1 is 0.878 bits per heavy atom. The van der Waals surface area contributed by atoms with Gasteiger partial charge in [0.15, 0.2) is 8.32 Å². The maximum absolute atomic E-state index is 11.0. The molecule has 0 amide bonds. The molecule has 7 heteroatoms. The van der Waals surface area contributed by atoms with Crippen LogP contribution in [0.15, 0.2) is 12.2 Å². The lowest BCUT2D eigenvalue weighted by molar-refractivity contribution is -0.108. The molecular weight excluding hydrogens is 545 g/mol. The second-order valence-corrected chi connectivity index (χ2v) is 26.2. The van der Waals surface area contributed by atoms with Gasteiger partial charge in [-0.15, -0.1) is 0 Å². The van der Waals surface area contributed by atoms with E-state index in [0.29, 0.717) is 29.0 Å². The van der Waals surface area contributed by atoms with Crippen molar-refractivity contribution in [3.8, 4) is 0 Å². The van der Waals surface area contributed by atoms with E-state index in [0.717, 1.165) is 25.7 Å². The predicted molar refractivity (Wildman–Crippen MR) is 179 cm³/mol. The van der Waals surface area contributed by atoms with Gasteiger partial charge in [-0.2, -0.15) is 0 Å². The molecule has 6 atom stereocenters. The molecule has 1 aliphatic heterocycles. The summed E-state index contributed by atoms with van der Waals surface area (Å²) in [6.07, 6.45) is 7.75. The van der Waals surface area contributed by atoms with E-state index >= 15 is 0 Å². The van der Waals surface area contributed by atoms with Crippen molar-refractivity contribution >= 4 is 23.2 Å². The van der Waals surface area contributed by atoms with E-state index in [1.165, 1.54) is 0 Å². The summed E-state index contributed by atoms with van der Waals surface area (Å²) in [5, 5.41) is -0.199. The van der Waals surface area contributed by atoms with Crippen molar-refractivity contribution in [3.05, 3.63) is 12.2 Å². The zero-order valence-electron chi connectivity index (χ0n) is 29.8. The van der Waals surface area contributed by atoms with Crippen molar-refractivity contribution in [1.29, 1.82) is 0 Å². The summed E-state index contributed by atoms with van der Waals surface area (Å²) < 4.78 is 27.4. The lowest BCUT2D eigenvalue weighted by atomic mass is 9.88. The molecule has 1 unspecified atom stereocenters. The van der Waals surface area contributed by atoms with Crippen LogP contribution in [0.2, 0.25) is 26.7 Å². The van der Waals surface area contributed by atoms with Crippen molar-refractivity contribution in [2.75, 3.05) is 13.7 Å². The van der Waals surface area contributed by atoms with Crippen LogP contribution in [-0.4, -0.2) is 55.2 Å². The lowest BCUT2D eigenvalue weighted by Gasteiger charge is -2.58. The fourth-order valence-electron chi connectivity index (χ4n) is 7.73. The smallest absolute Gasteiger partial charge is 0.349 e. The summed E-state index contributed by atoms with van der Waals surface area (Å²) in [6.45, 7) is 35.4. The normalized spacial score (nSPS) is 24.8. The third kappa shape index (κ3) is 9.10. The minimum atomic E-state index is -2.73. The second kappa shape index (κ2) is 15.6. The Labute approximate surface area is 257 Å². The van der Waals surface area contributed by atoms with Crippen LogP contribution in [0.1, 0.15) is 123 Å². The van der Waals surface area contributed by atoms with Gasteiger partial charge in [-0.05, 0) is 35.4 Å². The van der Waals surface area contributed by atoms with Crippen LogP contribution in [0.3, 0.4) is 0 Å². The molecule has 0 bridgehead atoms. The number of ether oxygens (including phenoxy) is 1. The van der Waals surface area contributed by atoms with E-state index in [-0.39, 0.29) is 40.2 Å². The molecule has 0 spiro atoms. The van der Waals surface area contributed by atoms with Crippen LogP contribution < -0.4 is 0 Å². The van der Waals surface area contributed by atoms with E-state index in [4.69, 9.17) is 18.0 Å². The number of methoxy groups -OCH3 is 1. The van der Waals surface area contributed by atoms with Gasteiger partial charge in [0.1, 0.15) is 6.29 Å². The van der Waals surface area contributed by atoms with E-state index < -0.39 is 16.9 Å². The Morgan fingerprint density at radius 3 is 1.80 bits per heavy atom. The quantitative estimate of drug-likeness (QED) is 0.105. The van der Waals surface area contributed by atoms with Crippen LogP contribution in [0, 0.1) is 17.8 Å². The number of carbonyl (C=O) groups is 1. The summed E-state index contributed by atoms with van der Waals surface area (Å²) in [4.78, 5) is 11.0. The van der Waals surface area contributed by atoms with E-state index in [9.17, 15) is 4.79 Å². The van der Waals surface area contributed by atoms with Crippen LogP contribution in [0.25, 0.3) is 0 Å². The molecule has 242 valence electrons. The van der Waals surface area contributed by atoms with E-state index in [1.807, 2.05) is 0 Å². The topological polar surface area (TPSA) is 54.0 Å². The molecule has 1 heterocycles. The third-order valence-electron chi connectivity index (χ3n) is 9.72. The van der Waals surface area contributed by atoms with Crippen LogP contribution in [0.4, 0.5) is 0 Å². The predicted octanol–water partition coefficient (Wildman–Crippen LogP) is 9.85. The zero-order chi connectivity index (χ0) is 32.0. The molecule has 1 aliphatic rings. The van der Waals surface area contributed by atoms with Crippen molar-refractivity contribution in [3.63, 3.8) is 0 Å². The highest BCUT2D eigenvalue weighted by atomic mass is 28.4. The molecule has 1 saturated heterocycles. The molecule has 0 N–H and O–H groups in total. The zero-order valence-corrected chi connectivity index (χ0v) is 31.8. The fraction of sp³-hybridized carbons (Fsp3) is 0.912. The number of carbonyl (C=O) groups excluding carboxylic acids is 1. The third-order valence-corrected chi connectivity index (χ3v) is 21.0. The standard InChI is InChI=1S/C34H68O5Si2/c1-24(2)40(25(3)4,26(5)6)37-23-28(8)32-29(9)31(19-17-18-30(36-16)22-27(7)20-21-35)38-41(39-32,33(10,11)12)34(13,14)15/h17-18,21,24-32H,19-20,22-23H2,1-16H3/b18-17+/t27-,28+,29-,30?,31+,32+/m1/s1. The van der Waals surface area contributed by atoms with Crippen LogP contribution in [0.5, 0.6) is 0 Å². The highest BCUT2D eigenvalue weighted by molar-refractivity contribution is 6.77. The second-order valence-electron chi connectivity index (χ2n) is 16.0. The summed E-state index contributed by atoms with van der Waals surface area (Å²) in [6, 6.07) is 0. The first kappa shape index (κ1) is 38.7. The monoisotopic (exact) mass is 612 g/mol. The molecule has 0 aromatic heterocycles. The van der Waals surface area contributed by atoms with Crippen molar-refractivity contribution in [1.82, 2.24) is 0 Å². The average Bonchev–Trinajstić information content (AvgIpc) is 2.82. The summed E-state index contributed by atoms with van der Waals surface area (Å²) >= 11 is 0. The van der Waals surface area contributed by atoms with Crippen molar-refractivity contribution in [2.45, 2.75) is 168 Å². The highest BCUT2D eigenvalue weighted by Gasteiger charge is 2.63. The van der Waals surface area contributed by atoms with Crippen molar-refractivity contribution < 1.29 is 22.8 Å². The summed E-state index contributed by atoms with van der Waals surface area (Å²) in [7, 11) is -2.96. The lowest BCUT2D eigenvalue weighted by Crippen LogP contribution is -2.67. The summed E-state index contributed by atoms with van der Waals surface area (Å²) in [5.74, 6) is 0.786. The minimum absolute atomic E-state index is 0.00312. The molecule has 0 aromatic carbocycles. The van der Waals surface area contributed by atoms with Gasteiger partial charge >= 0.3 is 8.56 Å².